The summed E-state index contributed by atoms with van der Waals surface area (Å²) in [6, 6.07) is 8.04. The lowest BCUT2D eigenvalue weighted by molar-refractivity contribution is 0.0585. The SMILES string of the molecule is COc1cccc([C@@H]2CO[C@@H](CO)C2)c1. The Labute approximate surface area is 89.6 Å². The summed E-state index contributed by atoms with van der Waals surface area (Å²) in [6.45, 7) is 0.804. The summed E-state index contributed by atoms with van der Waals surface area (Å²) >= 11 is 0. The van der Waals surface area contributed by atoms with Crippen LogP contribution in [0.5, 0.6) is 5.75 Å². The summed E-state index contributed by atoms with van der Waals surface area (Å²) in [6.07, 6.45) is 0.894. The smallest absolute Gasteiger partial charge is 0.119 e. The zero-order valence-electron chi connectivity index (χ0n) is 8.85. The Morgan fingerprint density at radius 3 is 3.07 bits per heavy atom. The summed E-state index contributed by atoms with van der Waals surface area (Å²) in [5.74, 6) is 1.26. The molecule has 15 heavy (non-hydrogen) atoms. The number of aliphatic hydroxyl groups excluding tert-OH is 1. The largest absolute Gasteiger partial charge is 0.497 e. The molecule has 0 aromatic heterocycles. The molecule has 0 spiro atoms. The average molecular weight is 208 g/mol. The molecule has 1 aliphatic rings. The standard InChI is InChI=1S/C12H16O3/c1-14-11-4-2-3-9(5-11)10-6-12(7-13)15-8-10/h2-5,10,12-13H,6-8H2,1H3/t10-,12+/m0/s1. The minimum atomic E-state index is 0.00111. The second kappa shape index (κ2) is 4.64. The number of rotatable bonds is 3. The first-order valence-corrected chi connectivity index (χ1v) is 5.20. The van der Waals surface area contributed by atoms with Gasteiger partial charge in [0.15, 0.2) is 0 Å². The van der Waals surface area contributed by atoms with Crippen LogP contribution in [0.1, 0.15) is 17.9 Å². The van der Waals surface area contributed by atoms with Gasteiger partial charge in [0.05, 0.1) is 26.4 Å². The third-order valence-corrected chi connectivity index (χ3v) is 2.85. The van der Waals surface area contributed by atoms with Gasteiger partial charge < -0.3 is 14.6 Å². The van der Waals surface area contributed by atoms with E-state index >= 15 is 0 Å². The number of aliphatic hydroxyl groups is 1. The van der Waals surface area contributed by atoms with Gasteiger partial charge in [-0.25, -0.2) is 0 Å². The summed E-state index contributed by atoms with van der Waals surface area (Å²) in [4.78, 5) is 0. The van der Waals surface area contributed by atoms with Crippen LogP contribution in [0.15, 0.2) is 24.3 Å². The molecular formula is C12H16O3. The van der Waals surface area contributed by atoms with E-state index in [1.165, 1.54) is 5.56 Å². The maximum absolute atomic E-state index is 8.98. The highest BCUT2D eigenvalue weighted by Gasteiger charge is 2.26. The van der Waals surface area contributed by atoms with Gasteiger partial charge in [0.25, 0.3) is 0 Å². The van der Waals surface area contributed by atoms with E-state index in [0.29, 0.717) is 12.5 Å². The van der Waals surface area contributed by atoms with E-state index in [4.69, 9.17) is 14.6 Å². The van der Waals surface area contributed by atoms with E-state index < -0.39 is 0 Å². The fourth-order valence-electron chi connectivity index (χ4n) is 1.96. The van der Waals surface area contributed by atoms with Crippen LogP contribution >= 0.6 is 0 Å². The molecule has 1 aliphatic heterocycles. The van der Waals surface area contributed by atoms with Crippen molar-refractivity contribution in [3.8, 4) is 5.75 Å². The van der Waals surface area contributed by atoms with Crippen molar-refractivity contribution in [2.45, 2.75) is 18.4 Å². The molecule has 1 heterocycles. The van der Waals surface area contributed by atoms with Gasteiger partial charge in [-0.15, -0.1) is 0 Å². The molecule has 0 amide bonds. The molecular weight excluding hydrogens is 192 g/mol. The highest BCUT2D eigenvalue weighted by atomic mass is 16.5. The van der Waals surface area contributed by atoms with Crippen LogP contribution in [0, 0.1) is 0 Å². The van der Waals surface area contributed by atoms with Gasteiger partial charge in [-0.3, -0.25) is 0 Å². The Morgan fingerprint density at radius 2 is 2.40 bits per heavy atom. The van der Waals surface area contributed by atoms with Gasteiger partial charge in [-0.1, -0.05) is 12.1 Å². The fourth-order valence-corrected chi connectivity index (χ4v) is 1.96. The first-order chi connectivity index (χ1) is 7.33. The van der Waals surface area contributed by atoms with Crippen LogP contribution in [0.2, 0.25) is 0 Å². The highest BCUT2D eigenvalue weighted by Crippen LogP contribution is 2.30. The predicted molar refractivity (Wildman–Crippen MR) is 57.2 cm³/mol. The van der Waals surface area contributed by atoms with Crippen molar-refractivity contribution in [3.63, 3.8) is 0 Å². The molecule has 2 rings (SSSR count). The molecule has 3 heteroatoms. The molecule has 0 unspecified atom stereocenters. The second-order valence-electron chi connectivity index (χ2n) is 3.85. The van der Waals surface area contributed by atoms with E-state index in [0.717, 1.165) is 12.2 Å². The molecule has 1 fully saturated rings. The van der Waals surface area contributed by atoms with Crippen LogP contribution in [0.3, 0.4) is 0 Å². The lowest BCUT2D eigenvalue weighted by Crippen LogP contribution is -2.09. The minimum absolute atomic E-state index is 0.00111. The van der Waals surface area contributed by atoms with E-state index in [9.17, 15) is 0 Å². The lowest BCUT2D eigenvalue weighted by Gasteiger charge is -2.09. The van der Waals surface area contributed by atoms with Crippen molar-refractivity contribution < 1.29 is 14.6 Å². The molecule has 0 saturated carbocycles. The van der Waals surface area contributed by atoms with Crippen molar-refractivity contribution in [1.82, 2.24) is 0 Å². The molecule has 1 aromatic rings. The topological polar surface area (TPSA) is 38.7 Å². The maximum Gasteiger partial charge on any atom is 0.119 e. The van der Waals surface area contributed by atoms with Crippen molar-refractivity contribution >= 4 is 0 Å². The Kier molecular flexibility index (Phi) is 3.23. The van der Waals surface area contributed by atoms with Crippen molar-refractivity contribution in [2.24, 2.45) is 0 Å². The van der Waals surface area contributed by atoms with Crippen LogP contribution in [0.25, 0.3) is 0 Å². The predicted octanol–water partition coefficient (Wildman–Crippen LogP) is 1.56. The molecule has 0 bridgehead atoms. The Morgan fingerprint density at radius 1 is 1.53 bits per heavy atom. The number of benzene rings is 1. The third-order valence-electron chi connectivity index (χ3n) is 2.85. The zero-order chi connectivity index (χ0) is 10.7. The van der Waals surface area contributed by atoms with E-state index in [1.54, 1.807) is 7.11 Å². The Hall–Kier alpha value is -1.06. The van der Waals surface area contributed by atoms with Gasteiger partial charge in [0, 0.05) is 5.92 Å². The monoisotopic (exact) mass is 208 g/mol. The first kappa shape index (κ1) is 10.5. The molecule has 1 N–H and O–H groups in total. The maximum atomic E-state index is 8.98. The van der Waals surface area contributed by atoms with Crippen molar-refractivity contribution in [2.75, 3.05) is 20.3 Å². The highest BCUT2D eigenvalue weighted by molar-refractivity contribution is 5.31. The Balaban J connectivity index is 2.09. The second-order valence-corrected chi connectivity index (χ2v) is 3.85. The average Bonchev–Trinajstić information content (AvgIpc) is 2.78. The lowest BCUT2D eigenvalue weighted by atomic mass is 9.96. The number of ether oxygens (including phenoxy) is 2. The van der Waals surface area contributed by atoms with Gasteiger partial charge >= 0.3 is 0 Å². The van der Waals surface area contributed by atoms with Crippen LogP contribution in [-0.2, 0) is 4.74 Å². The van der Waals surface area contributed by atoms with Gasteiger partial charge in [-0.2, -0.15) is 0 Å². The number of methoxy groups -OCH3 is 1. The van der Waals surface area contributed by atoms with Gasteiger partial charge in [-0.05, 0) is 24.1 Å². The Bertz CT molecular complexity index is 324. The summed E-state index contributed by atoms with van der Waals surface area (Å²) in [5.41, 5.74) is 1.23. The van der Waals surface area contributed by atoms with Crippen LogP contribution in [-0.4, -0.2) is 31.5 Å². The van der Waals surface area contributed by atoms with Crippen LogP contribution < -0.4 is 4.74 Å². The van der Waals surface area contributed by atoms with Gasteiger partial charge in [0.1, 0.15) is 5.75 Å². The first-order valence-electron chi connectivity index (χ1n) is 5.20. The molecule has 0 aliphatic carbocycles. The number of hydrogen-bond acceptors (Lipinski definition) is 3. The molecule has 1 aromatic carbocycles. The minimum Gasteiger partial charge on any atom is -0.497 e. The third kappa shape index (κ3) is 2.30. The molecule has 0 radical (unpaired) electrons. The van der Waals surface area contributed by atoms with E-state index in [1.807, 2.05) is 18.2 Å². The summed E-state index contributed by atoms with van der Waals surface area (Å²) < 4.78 is 10.6. The molecule has 1 saturated heterocycles. The molecule has 82 valence electrons. The van der Waals surface area contributed by atoms with Crippen molar-refractivity contribution in [1.29, 1.82) is 0 Å². The fraction of sp³-hybridized carbons (Fsp3) is 0.500. The van der Waals surface area contributed by atoms with E-state index in [-0.39, 0.29) is 12.7 Å². The quantitative estimate of drug-likeness (QED) is 0.819. The zero-order valence-corrected chi connectivity index (χ0v) is 8.85. The normalized spacial score (nSPS) is 25.5. The van der Waals surface area contributed by atoms with Gasteiger partial charge in [0.2, 0.25) is 0 Å². The molecule has 2 atom stereocenters. The molecule has 3 nitrogen and oxygen atoms in total. The summed E-state index contributed by atoms with van der Waals surface area (Å²) in [5, 5.41) is 8.98. The van der Waals surface area contributed by atoms with Crippen LogP contribution in [0.4, 0.5) is 0 Å². The van der Waals surface area contributed by atoms with E-state index in [2.05, 4.69) is 6.07 Å². The van der Waals surface area contributed by atoms with Crippen molar-refractivity contribution in [3.05, 3.63) is 29.8 Å². The number of hydrogen-bond donors (Lipinski definition) is 1. The summed E-state index contributed by atoms with van der Waals surface area (Å²) in [7, 11) is 1.67.